The van der Waals surface area contributed by atoms with Crippen LogP contribution in [0.2, 0.25) is 0 Å². The molecule has 0 radical (unpaired) electrons. The van der Waals surface area contributed by atoms with Gasteiger partial charge in [0.1, 0.15) is 11.6 Å². The van der Waals surface area contributed by atoms with Crippen molar-refractivity contribution >= 4 is 32.9 Å². The Balaban J connectivity index is 1.40. The van der Waals surface area contributed by atoms with Gasteiger partial charge in [0.15, 0.2) is 21.7 Å². The smallest absolute Gasteiger partial charge is 0.286 e. The van der Waals surface area contributed by atoms with Crippen molar-refractivity contribution in [2.45, 2.75) is 52.0 Å². The van der Waals surface area contributed by atoms with Crippen molar-refractivity contribution in [2.75, 3.05) is 0 Å². The molecule has 0 aliphatic carbocycles. The fraction of sp³-hybridized carbons (Fsp3) is 0.364. The second-order valence-corrected chi connectivity index (χ2v) is 8.80. The van der Waals surface area contributed by atoms with Crippen LogP contribution in [0.5, 0.6) is 0 Å². The lowest BCUT2D eigenvalue weighted by atomic mass is 10.1. The number of hydrogen-bond donors (Lipinski definition) is 1. The summed E-state index contributed by atoms with van der Waals surface area (Å²) in [5.74, 6) is 1.63. The van der Waals surface area contributed by atoms with E-state index in [-0.39, 0.29) is 11.4 Å². The van der Waals surface area contributed by atoms with Crippen molar-refractivity contribution in [1.82, 2.24) is 39.3 Å². The summed E-state index contributed by atoms with van der Waals surface area (Å²) in [6, 6.07) is 6.18. The largest absolute Gasteiger partial charge is 0.339 e. The van der Waals surface area contributed by atoms with Crippen LogP contribution in [0.3, 0.4) is 0 Å². The first-order chi connectivity index (χ1) is 16.5. The van der Waals surface area contributed by atoms with Gasteiger partial charge in [0, 0.05) is 25.8 Å². The van der Waals surface area contributed by atoms with E-state index in [1.165, 1.54) is 16.5 Å². The number of imidazole rings is 1. The average molecular weight is 529 g/mol. The lowest BCUT2D eigenvalue weighted by molar-refractivity contribution is 0.373. The SMILES string of the molecule is CCCCCn1c2nc(Br)[nH]c2c(=O)n2c(CCc3nc(Cc4ccc(F)cc4)no3)nnc12. The molecular weight excluding hydrogens is 507 g/mol. The van der Waals surface area contributed by atoms with E-state index in [2.05, 4.69) is 53.2 Å². The summed E-state index contributed by atoms with van der Waals surface area (Å²) in [7, 11) is 0. The molecule has 5 aromatic rings. The molecule has 12 heteroatoms. The number of unbranched alkanes of at least 4 members (excludes halogenated alkanes) is 2. The Hall–Kier alpha value is -3.41. The number of benzene rings is 1. The minimum Gasteiger partial charge on any atom is -0.339 e. The monoisotopic (exact) mass is 528 g/mol. The predicted octanol–water partition coefficient (Wildman–Crippen LogP) is 3.62. The third kappa shape index (κ3) is 4.37. The summed E-state index contributed by atoms with van der Waals surface area (Å²) in [4.78, 5) is 25.1. The summed E-state index contributed by atoms with van der Waals surface area (Å²) < 4.78 is 22.4. The fourth-order valence-electron chi connectivity index (χ4n) is 3.93. The summed E-state index contributed by atoms with van der Waals surface area (Å²) >= 11 is 3.33. The van der Waals surface area contributed by atoms with Gasteiger partial charge in [-0.2, -0.15) is 4.98 Å². The van der Waals surface area contributed by atoms with Crippen molar-refractivity contribution in [1.29, 1.82) is 0 Å². The molecule has 4 heterocycles. The molecule has 10 nitrogen and oxygen atoms in total. The summed E-state index contributed by atoms with van der Waals surface area (Å²) in [5.41, 5.74) is 1.59. The van der Waals surface area contributed by atoms with Gasteiger partial charge >= 0.3 is 0 Å². The standard InChI is InChI=1S/C22H22BrFN8O2/c1-2-3-4-11-31-19-18(26-21(23)27-19)20(33)32-16(28-29-22(31)32)9-10-17-25-15(30-34-17)12-13-5-7-14(24)8-6-13/h5-8H,2-4,9-12H2,1H3,(H,26,27). The van der Waals surface area contributed by atoms with Gasteiger partial charge < -0.3 is 9.51 Å². The molecule has 176 valence electrons. The first-order valence-corrected chi connectivity index (χ1v) is 11.9. The maximum absolute atomic E-state index is 13.2. The van der Waals surface area contributed by atoms with E-state index in [1.54, 1.807) is 12.1 Å². The van der Waals surface area contributed by atoms with Crippen molar-refractivity contribution in [3.05, 3.63) is 68.3 Å². The predicted molar refractivity (Wildman–Crippen MR) is 125 cm³/mol. The van der Waals surface area contributed by atoms with Crippen molar-refractivity contribution < 1.29 is 8.91 Å². The second-order valence-electron chi connectivity index (χ2n) is 8.05. The van der Waals surface area contributed by atoms with Crippen LogP contribution in [-0.4, -0.2) is 39.3 Å². The highest BCUT2D eigenvalue weighted by atomic mass is 79.9. The highest BCUT2D eigenvalue weighted by molar-refractivity contribution is 9.10. The number of nitrogens with zero attached hydrogens (tertiary/aromatic N) is 7. The molecule has 1 N–H and O–H groups in total. The molecule has 0 spiro atoms. The number of rotatable bonds is 9. The van der Waals surface area contributed by atoms with Crippen LogP contribution in [-0.2, 0) is 25.8 Å². The Labute approximate surface area is 201 Å². The molecule has 0 saturated heterocycles. The lowest BCUT2D eigenvalue weighted by Crippen LogP contribution is -2.21. The van der Waals surface area contributed by atoms with E-state index >= 15 is 0 Å². The molecule has 34 heavy (non-hydrogen) atoms. The highest BCUT2D eigenvalue weighted by Gasteiger charge is 2.20. The molecule has 0 amide bonds. The van der Waals surface area contributed by atoms with Crippen LogP contribution >= 0.6 is 15.9 Å². The van der Waals surface area contributed by atoms with Gasteiger partial charge in [-0.3, -0.25) is 9.36 Å². The highest BCUT2D eigenvalue weighted by Crippen LogP contribution is 2.17. The number of nitrogens with one attached hydrogen (secondary N) is 1. The normalized spacial score (nSPS) is 11.7. The zero-order valence-corrected chi connectivity index (χ0v) is 20.0. The molecule has 1 aromatic carbocycles. The molecule has 0 aliphatic rings. The van der Waals surface area contributed by atoms with Crippen LogP contribution in [0.25, 0.3) is 16.9 Å². The van der Waals surface area contributed by atoms with E-state index < -0.39 is 0 Å². The van der Waals surface area contributed by atoms with E-state index in [0.29, 0.717) is 65.0 Å². The molecule has 0 fully saturated rings. The Kier molecular flexibility index (Phi) is 6.22. The Morgan fingerprint density at radius 3 is 2.74 bits per heavy atom. The second kappa shape index (κ2) is 9.45. The van der Waals surface area contributed by atoms with Gasteiger partial charge in [-0.25, -0.2) is 13.8 Å². The third-order valence-electron chi connectivity index (χ3n) is 5.62. The Morgan fingerprint density at radius 2 is 1.94 bits per heavy atom. The number of aryl methyl sites for hydroxylation is 3. The first-order valence-electron chi connectivity index (χ1n) is 11.1. The van der Waals surface area contributed by atoms with Gasteiger partial charge in [0.2, 0.25) is 11.7 Å². The van der Waals surface area contributed by atoms with E-state index in [0.717, 1.165) is 24.8 Å². The Morgan fingerprint density at radius 1 is 1.12 bits per heavy atom. The van der Waals surface area contributed by atoms with Crippen LogP contribution < -0.4 is 5.56 Å². The number of aromatic nitrogens is 8. The van der Waals surface area contributed by atoms with Gasteiger partial charge in [0.05, 0.1) is 0 Å². The maximum Gasteiger partial charge on any atom is 0.286 e. The molecule has 4 aromatic heterocycles. The Bertz CT molecular complexity index is 1500. The maximum atomic E-state index is 13.2. The van der Waals surface area contributed by atoms with E-state index in [4.69, 9.17) is 4.52 Å². The van der Waals surface area contributed by atoms with Crippen LogP contribution in [0.1, 0.15) is 49.3 Å². The molecule has 0 aliphatic heterocycles. The molecule has 0 bridgehead atoms. The number of hydrogen-bond acceptors (Lipinski definition) is 7. The van der Waals surface area contributed by atoms with Gasteiger partial charge in [0.25, 0.3) is 5.56 Å². The zero-order valence-electron chi connectivity index (χ0n) is 18.5. The van der Waals surface area contributed by atoms with Gasteiger partial charge in [-0.15, -0.1) is 10.2 Å². The van der Waals surface area contributed by atoms with Crippen molar-refractivity contribution in [3.63, 3.8) is 0 Å². The number of aromatic amines is 1. The van der Waals surface area contributed by atoms with Crippen LogP contribution in [0, 0.1) is 5.82 Å². The quantitative estimate of drug-likeness (QED) is 0.229. The average Bonchev–Trinajstić information content (AvgIpc) is 3.55. The zero-order chi connectivity index (χ0) is 23.7. The minimum atomic E-state index is -0.290. The molecule has 5 rings (SSSR count). The minimum absolute atomic E-state index is 0.252. The van der Waals surface area contributed by atoms with E-state index in [1.807, 2.05) is 4.57 Å². The third-order valence-corrected chi connectivity index (χ3v) is 5.99. The number of H-pyrrole nitrogens is 1. The molecule has 0 unspecified atom stereocenters. The summed E-state index contributed by atoms with van der Waals surface area (Å²) in [6.45, 7) is 2.82. The van der Waals surface area contributed by atoms with Crippen molar-refractivity contribution in [2.24, 2.45) is 0 Å². The van der Waals surface area contributed by atoms with Gasteiger partial charge in [-0.1, -0.05) is 37.1 Å². The topological polar surface area (TPSA) is 120 Å². The molecule has 0 atom stereocenters. The van der Waals surface area contributed by atoms with Gasteiger partial charge in [-0.05, 0) is 40.0 Å². The van der Waals surface area contributed by atoms with Crippen LogP contribution in [0.15, 0.2) is 38.3 Å². The van der Waals surface area contributed by atoms with Crippen LogP contribution in [0.4, 0.5) is 4.39 Å². The summed E-state index contributed by atoms with van der Waals surface area (Å²) in [6.07, 6.45) is 4.31. The number of halogens is 2. The van der Waals surface area contributed by atoms with E-state index in [9.17, 15) is 9.18 Å². The number of fused-ring (bicyclic) bond motifs is 2. The first kappa shape index (κ1) is 22.4. The summed E-state index contributed by atoms with van der Waals surface area (Å²) in [5, 5.41) is 12.6. The fourth-order valence-corrected chi connectivity index (χ4v) is 4.30. The molecule has 0 saturated carbocycles. The lowest BCUT2D eigenvalue weighted by Gasteiger charge is -2.09. The molecular formula is C22H22BrFN8O2. The van der Waals surface area contributed by atoms with Crippen molar-refractivity contribution in [3.8, 4) is 0 Å².